The maximum absolute atomic E-state index is 14.1. The smallest absolute Gasteiger partial charge is 0.286 e. The number of nitrogens with zero attached hydrogens (tertiary/aromatic N) is 3. The molecule has 30 heavy (non-hydrogen) atoms. The summed E-state index contributed by atoms with van der Waals surface area (Å²) in [5, 5.41) is 11.7. The van der Waals surface area contributed by atoms with Gasteiger partial charge in [-0.3, -0.25) is 9.59 Å². The number of aromatic nitrogens is 2. The molecule has 2 heterocycles. The van der Waals surface area contributed by atoms with E-state index in [1.165, 1.54) is 11.0 Å². The maximum atomic E-state index is 14.1. The fourth-order valence-electron chi connectivity index (χ4n) is 3.32. The van der Waals surface area contributed by atoms with Gasteiger partial charge in [0.25, 0.3) is 11.8 Å². The Hall–Kier alpha value is -2.91. The molecule has 0 radical (unpaired) electrons. The quantitative estimate of drug-likeness (QED) is 0.627. The van der Waals surface area contributed by atoms with E-state index in [9.17, 15) is 18.4 Å². The van der Waals surface area contributed by atoms with Crippen LogP contribution in [0.25, 0.3) is 0 Å². The molecule has 2 amide bonds. The van der Waals surface area contributed by atoms with Gasteiger partial charge in [0, 0.05) is 17.3 Å². The van der Waals surface area contributed by atoms with Gasteiger partial charge in [0.1, 0.15) is 22.2 Å². The van der Waals surface area contributed by atoms with Crippen LogP contribution in [0.2, 0.25) is 5.02 Å². The van der Waals surface area contributed by atoms with E-state index >= 15 is 0 Å². The summed E-state index contributed by atoms with van der Waals surface area (Å²) in [4.78, 5) is 26.6. The van der Waals surface area contributed by atoms with Crippen LogP contribution in [0.1, 0.15) is 44.1 Å². The third-order valence-electron chi connectivity index (χ3n) is 4.69. The normalized spacial score (nSPS) is 16.0. The van der Waals surface area contributed by atoms with E-state index in [1.54, 1.807) is 24.3 Å². The highest BCUT2D eigenvalue weighted by molar-refractivity contribution is 7.13. The van der Waals surface area contributed by atoms with Crippen molar-refractivity contribution in [3.05, 3.63) is 74.7 Å². The van der Waals surface area contributed by atoms with Gasteiger partial charge >= 0.3 is 0 Å². The zero-order chi connectivity index (χ0) is 21.3. The molecule has 3 aromatic rings. The van der Waals surface area contributed by atoms with E-state index in [-0.39, 0.29) is 5.01 Å². The monoisotopic (exact) mass is 448 g/mol. The van der Waals surface area contributed by atoms with Crippen LogP contribution in [0.3, 0.4) is 0 Å². The van der Waals surface area contributed by atoms with E-state index < -0.39 is 35.1 Å². The number of likely N-dealkylation sites (tertiary alicyclic amines) is 1. The van der Waals surface area contributed by atoms with Crippen molar-refractivity contribution >= 4 is 40.4 Å². The number of halogens is 3. The Morgan fingerprint density at radius 2 is 1.87 bits per heavy atom. The molecule has 1 N–H and O–H groups in total. The third kappa shape index (κ3) is 4.03. The van der Waals surface area contributed by atoms with Gasteiger partial charge in [-0.25, -0.2) is 8.78 Å². The molecule has 0 saturated carbocycles. The van der Waals surface area contributed by atoms with Crippen molar-refractivity contribution in [1.82, 2.24) is 15.1 Å². The first kappa shape index (κ1) is 20.4. The van der Waals surface area contributed by atoms with Gasteiger partial charge in [-0.1, -0.05) is 35.1 Å². The highest BCUT2D eigenvalue weighted by Crippen LogP contribution is 2.35. The first-order valence-corrected chi connectivity index (χ1v) is 10.3. The van der Waals surface area contributed by atoms with Crippen LogP contribution in [-0.4, -0.2) is 33.5 Å². The molecule has 0 aliphatic carbocycles. The first-order valence-electron chi connectivity index (χ1n) is 9.09. The minimum absolute atomic E-state index is 0.112. The molecule has 154 valence electrons. The molecule has 1 aromatic heterocycles. The molecule has 0 spiro atoms. The Bertz CT molecular complexity index is 1100. The molecule has 4 rings (SSSR count). The van der Waals surface area contributed by atoms with E-state index in [0.29, 0.717) is 35.1 Å². The van der Waals surface area contributed by atoms with Crippen molar-refractivity contribution in [2.75, 3.05) is 11.9 Å². The van der Waals surface area contributed by atoms with Gasteiger partial charge in [-0.2, -0.15) is 0 Å². The Kier molecular flexibility index (Phi) is 5.74. The predicted octanol–water partition coefficient (Wildman–Crippen LogP) is 4.70. The van der Waals surface area contributed by atoms with Crippen molar-refractivity contribution < 1.29 is 18.4 Å². The lowest BCUT2D eigenvalue weighted by Crippen LogP contribution is -2.32. The van der Waals surface area contributed by atoms with Crippen molar-refractivity contribution in [2.45, 2.75) is 18.9 Å². The summed E-state index contributed by atoms with van der Waals surface area (Å²) in [6.45, 7) is 0.334. The molecule has 1 aliphatic heterocycles. The van der Waals surface area contributed by atoms with E-state index in [2.05, 4.69) is 15.5 Å². The second-order valence-electron chi connectivity index (χ2n) is 6.66. The number of hydrogen-bond donors (Lipinski definition) is 1. The fraction of sp³-hybridized carbons (Fsp3) is 0.200. The van der Waals surface area contributed by atoms with Crippen LogP contribution in [-0.2, 0) is 0 Å². The Morgan fingerprint density at radius 3 is 2.60 bits per heavy atom. The highest BCUT2D eigenvalue weighted by atomic mass is 35.5. The SMILES string of the molecule is O=C(Nc1cccc(Cl)c1)c1nnc(C2CCCN2C(=O)c2c(F)cccc2F)s1. The van der Waals surface area contributed by atoms with Gasteiger partial charge in [0.15, 0.2) is 0 Å². The van der Waals surface area contributed by atoms with E-state index in [4.69, 9.17) is 11.6 Å². The predicted molar refractivity (Wildman–Crippen MR) is 109 cm³/mol. The molecule has 2 aromatic carbocycles. The van der Waals surface area contributed by atoms with Crippen LogP contribution >= 0.6 is 22.9 Å². The summed E-state index contributed by atoms with van der Waals surface area (Å²) in [7, 11) is 0. The number of amides is 2. The Labute approximate surface area is 179 Å². The lowest BCUT2D eigenvalue weighted by Gasteiger charge is -2.23. The maximum Gasteiger partial charge on any atom is 0.286 e. The minimum atomic E-state index is -0.912. The molecular formula is C20H15ClF2N4O2S. The lowest BCUT2D eigenvalue weighted by atomic mass is 10.1. The van der Waals surface area contributed by atoms with Crippen LogP contribution in [0.15, 0.2) is 42.5 Å². The summed E-state index contributed by atoms with van der Waals surface area (Å²) in [6, 6.07) is 9.47. The zero-order valence-electron chi connectivity index (χ0n) is 15.4. The average molecular weight is 449 g/mol. The summed E-state index contributed by atoms with van der Waals surface area (Å²) in [5.41, 5.74) is -0.0789. The fourth-order valence-corrected chi connectivity index (χ4v) is 4.40. The van der Waals surface area contributed by atoms with Crippen molar-refractivity contribution in [1.29, 1.82) is 0 Å². The van der Waals surface area contributed by atoms with Gasteiger partial charge in [0.05, 0.1) is 6.04 Å². The molecule has 1 atom stereocenters. The van der Waals surface area contributed by atoms with Crippen LogP contribution in [0.4, 0.5) is 14.5 Å². The molecule has 1 aliphatic rings. The summed E-state index contributed by atoms with van der Waals surface area (Å²) in [6.07, 6.45) is 1.21. The zero-order valence-corrected chi connectivity index (χ0v) is 17.0. The number of nitrogens with one attached hydrogen (secondary N) is 1. The number of hydrogen-bond acceptors (Lipinski definition) is 5. The second-order valence-corrected chi connectivity index (χ2v) is 8.11. The molecule has 1 saturated heterocycles. The average Bonchev–Trinajstić information content (AvgIpc) is 3.37. The molecule has 6 nitrogen and oxygen atoms in total. The molecular weight excluding hydrogens is 434 g/mol. The first-order chi connectivity index (χ1) is 14.4. The number of carbonyl (C=O) groups is 2. The van der Waals surface area contributed by atoms with Gasteiger partial charge in [-0.15, -0.1) is 10.2 Å². The van der Waals surface area contributed by atoms with E-state index in [1.807, 2.05) is 0 Å². The van der Waals surface area contributed by atoms with Gasteiger partial charge in [0.2, 0.25) is 5.01 Å². The van der Waals surface area contributed by atoms with Gasteiger partial charge in [-0.05, 0) is 43.2 Å². The van der Waals surface area contributed by atoms with Gasteiger partial charge < -0.3 is 10.2 Å². The van der Waals surface area contributed by atoms with Crippen molar-refractivity contribution in [2.24, 2.45) is 0 Å². The number of carbonyl (C=O) groups excluding carboxylic acids is 2. The van der Waals surface area contributed by atoms with E-state index in [0.717, 1.165) is 23.5 Å². The minimum Gasteiger partial charge on any atom is -0.329 e. The Morgan fingerprint density at radius 1 is 1.13 bits per heavy atom. The summed E-state index contributed by atoms with van der Waals surface area (Å²) in [5.74, 6) is -3.03. The van der Waals surface area contributed by atoms with Crippen molar-refractivity contribution in [3.8, 4) is 0 Å². The standard InChI is InChI=1S/C20H15ClF2N4O2S/c21-11-4-1-5-12(10-11)24-17(28)19-26-25-18(30-19)15-8-3-9-27(15)20(29)16-13(22)6-2-7-14(16)23/h1-2,4-7,10,15H,3,8-9H2,(H,24,28). The van der Waals surface area contributed by atoms with Crippen LogP contribution in [0.5, 0.6) is 0 Å². The molecule has 0 bridgehead atoms. The molecule has 1 fully saturated rings. The summed E-state index contributed by atoms with van der Waals surface area (Å²) >= 11 is 6.95. The number of benzene rings is 2. The largest absolute Gasteiger partial charge is 0.329 e. The van der Waals surface area contributed by atoms with Crippen LogP contribution < -0.4 is 5.32 Å². The molecule has 1 unspecified atom stereocenters. The molecule has 10 heteroatoms. The second kappa shape index (κ2) is 8.45. The highest BCUT2D eigenvalue weighted by Gasteiger charge is 2.35. The van der Waals surface area contributed by atoms with Crippen molar-refractivity contribution in [3.63, 3.8) is 0 Å². The lowest BCUT2D eigenvalue weighted by molar-refractivity contribution is 0.0725. The number of anilines is 1. The Balaban J connectivity index is 1.53. The number of rotatable bonds is 4. The topological polar surface area (TPSA) is 75.2 Å². The summed E-state index contributed by atoms with van der Waals surface area (Å²) < 4.78 is 28.1. The van der Waals surface area contributed by atoms with Crippen LogP contribution in [0, 0.1) is 11.6 Å². The third-order valence-corrected chi connectivity index (χ3v) is 5.95.